The fourth-order valence-electron chi connectivity index (χ4n) is 3.65. The van der Waals surface area contributed by atoms with Gasteiger partial charge in [-0.25, -0.2) is 4.98 Å². The number of ether oxygens (including phenoxy) is 1. The van der Waals surface area contributed by atoms with Gasteiger partial charge in [0.1, 0.15) is 10.8 Å². The average molecular weight is 396 g/mol. The van der Waals surface area contributed by atoms with E-state index in [1.807, 2.05) is 24.3 Å². The Morgan fingerprint density at radius 1 is 1.07 bits per heavy atom. The molecule has 2 aromatic carbocycles. The van der Waals surface area contributed by atoms with Crippen molar-refractivity contribution in [3.63, 3.8) is 0 Å². The first kappa shape index (κ1) is 19.1. The molecule has 2 heterocycles. The van der Waals surface area contributed by atoms with Gasteiger partial charge in [0, 0.05) is 43.9 Å². The second-order valence-corrected chi connectivity index (χ2v) is 8.33. The summed E-state index contributed by atoms with van der Waals surface area (Å²) in [7, 11) is 1.68. The van der Waals surface area contributed by atoms with Crippen molar-refractivity contribution in [2.75, 3.05) is 33.3 Å². The molecule has 0 amide bonds. The van der Waals surface area contributed by atoms with Crippen LogP contribution in [0.1, 0.15) is 27.9 Å². The summed E-state index contributed by atoms with van der Waals surface area (Å²) in [4.78, 5) is 21.4. The molecule has 1 fully saturated rings. The molecule has 0 aliphatic carbocycles. The van der Waals surface area contributed by atoms with E-state index in [-0.39, 0.29) is 5.78 Å². The van der Waals surface area contributed by atoms with Gasteiger partial charge in [-0.2, -0.15) is 0 Å². The van der Waals surface area contributed by atoms with Crippen molar-refractivity contribution in [2.24, 2.45) is 0 Å². The van der Waals surface area contributed by atoms with Gasteiger partial charge in [0.2, 0.25) is 0 Å². The molecule has 0 radical (unpaired) electrons. The van der Waals surface area contributed by atoms with Gasteiger partial charge >= 0.3 is 0 Å². The summed E-state index contributed by atoms with van der Waals surface area (Å²) in [6.07, 6.45) is 0. The van der Waals surface area contributed by atoms with Gasteiger partial charge in [0.05, 0.1) is 23.9 Å². The number of methoxy groups -OCH3 is 1. The van der Waals surface area contributed by atoms with Gasteiger partial charge in [-0.05, 0) is 37.3 Å². The largest absolute Gasteiger partial charge is 0.496 e. The van der Waals surface area contributed by atoms with Crippen LogP contribution in [0.25, 0.3) is 10.2 Å². The zero-order valence-corrected chi connectivity index (χ0v) is 17.2. The van der Waals surface area contributed by atoms with Crippen LogP contribution in [0, 0.1) is 0 Å². The molecule has 0 saturated carbocycles. The Morgan fingerprint density at radius 2 is 1.79 bits per heavy atom. The number of carbonyl (C=O) groups excluding carboxylic acids is 1. The number of aromatic nitrogens is 1. The first-order valence-electron chi connectivity index (χ1n) is 9.59. The maximum absolute atomic E-state index is 11.7. The highest BCUT2D eigenvalue weighted by Crippen LogP contribution is 2.25. The maximum atomic E-state index is 11.7. The third kappa shape index (κ3) is 4.24. The van der Waals surface area contributed by atoms with Crippen molar-refractivity contribution >= 4 is 27.3 Å². The van der Waals surface area contributed by atoms with E-state index < -0.39 is 0 Å². The summed E-state index contributed by atoms with van der Waals surface area (Å²) >= 11 is 1.79. The van der Waals surface area contributed by atoms with E-state index in [0.717, 1.165) is 61.7 Å². The first-order valence-corrected chi connectivity index (χ1v) is 10.4. The smallest absolute Gasteiger partial charge is 0.159 e. The minimum absolute atomic E-state index is 0.0876. The molecule has 28 heavy (non-hydrogen) atoms. The lowest BCUT2D eigenvalue weighted by Gasteiger charge is -2.34. The molecule has 0 atom stereocenters. The maximum Gasteiger partial charge on any atom is 0.159 e. The molecular formula is C22H25N3O2S. The second-order valence-electron chi connectivity index (χ2n) is 7.21. The lowest BCUT2D eigenvalue weighted by molar-refractivity contribution is 0.101. The Hall–Kier alpha value is -2.28. The summed E-state index contributed by atoms with van der Waals surface area (Å²) in [6, 6.07) is 14.0. The number of piperazine rings is 1. The average Bonchev–Trinajstić information content (AvgIpc) is 3.11. The summed E-state index contributed by atoms with van der Waals surface area (Å²) in [5.74, 6) is 0.937. The normalized spacial score (nSPS) is 15.8. The van der Waals surface area contributed by atoms with Crippen LogP contribution < -0.4 is 4.74 Å². The molecule has 0 unspecified atom stereocenters. The Morgan fingerprint density at radius 3 is 2.46 bits per heavy atom. The van der Waals surface area contributed by atoms with Crippen LogP contribution in [0.2, 0.25) is 0 Å². The van der Waals surface area contributed by atoms with E-state index in [1.54, 1.807) is 25.4 Å². The quantitative estimate of drug-likeness (QED) is 0.594. The van der Waals surface area contributed by atoms with E-state index in [0.29, 0.717) is 0 Å². The van der Waals surface area contributed by atoms with Crippen molar-refractivity contribution in [3.05, 3.63) is 58.6 Å². The highest BCUT2D eigenvalue weighted by Gasteiger charge is 2.20. The predicted octanol–water partition coefficient (Wildman–Crippen LogP) is 3.83. The first-order chi connectivity index (χ1) is 13.6. The van der Waals surface area contributed by atoms with Crippen molar-refractivity contribution in [3.8, 4) is 5.75 Å². The lowest BCUT2D eigenvalue weighted by atomic mass is 10.1. The van der Waals surface area contributed by atoms with E-state index in [2.05, 4.69) is 28.0 Å². The summed E-state index contributed by atoms with van der Waals surface area (Å²) in [5.41, 5.74) is 2.92. The monoisotopic (exact) mass is 395 g/mol. The number of thiazole rings is 1. The van der Waals surface area contributed by atoms with Gasteiger partial charge < -0.3 is 4.74 Å². The molecule has 1 aromatic heterocycles. The molecule has 0 bridgehead atoms. The van der Waals surface area contributed by atoms with Gasteiger partial charge in [-0.15, -0.1) is 11.3 Å². The number of rotatable bonds is 6. The highest BCUT2D eigenvalue weighted by atomic mass is 32.1. The van der Waals surface area contributed by atoms with E-state index in [1.165, 1.54) is 9.71 Å². The Balaban J connectivity index is 1.36. The van der Waals surface area contributed by atoms with Crippen LogP contribution in [0.3, 0.4) is 0 Å². The number of hydrogen-bond donors (Lipinski definition) is 0. The molecule has 4 rings (SSSR count). The number of benzene rings is 2. The lowest BCUT2D eigenvalue weighted by Crippen LogP contribution is -2.45. The van der Waals surface area contributed by atoms with Crippen LogP contribution in [0.5, 0.6) is 5.75 Å². The fourth-order valence-corrected chi connectivity index (χ4v) is 4.66. The predicted molar refractivity (Wildman–Crippen MR) is 113 cm³/mol. The van der Waals surface area contributed by atoms with Crippen molar-refractivity contribution < 1.29 is 9.53 Å². The van der Waals surface area contributed by atoms with Crippen LogP contribution >= 0.6 is 11.3 Å². The van der Waals surface area contributed by atoms with Gasteiger partial charge in [0.15, 0.2) is 5.78 Å². The molecule has 146 valence electrons. The molecule has 1 aliphatic heterocycles. The SMILES string of the molecule is COc1ccc(C(C)=O)cc1CN1CCN(Cc2nc3ccccc3s2)CC1. The number of para-hydroxylation sites is 1. The molecule has 3 aromatic rings. The molecule has 6 heteroatoms. The van der Waals surface area contributed by atoms with E-state index >= 15 is 0 Å². The highest BCUT2D eigenvalue weighted by molar-refractivity contribution is 7.18. The van der Waals surface area contributed by atoms with E-state index in [4.69, 9.17) is 9.72 Å². The second kappa shape index (κ2) is 8.39. The fraction of sp³-hybridized carbons (Fsp3) is 0.364. The number of nitrogens with zero attached hydrogens (tertiary/aromatic N) is 3. The van der Waals surface area contributed by atoms with Crippen molar-refractivity contribution in [1.82, 2.24) is 14.8 Å². The van der Waals surface area contributed by atoms with Crippen molar-refractivity contribution in [2.45, 2.75) is 20.0 Å². The zero-order chi connectivity index (χ0) is 19.5. The number of fused-ring (bicyclic) bond motifs is 1. The van der Waals surface area contributed by atoms with Gasteiger partial charge in [-0.3, -0.25) is 14.6 Å². The minimum atomic E-state index is 0.0876. The van der Waals surface area contributed by atoms with Crippen molar-refractivity contribution in [1.29, 1.82) is 0 Å². The Kier molecular flexibility index (Phi) is 5.71. The molecule has 1 aliphatic rings. The van der Waals surface area contributed by atoms with Crippen LogP contribution in [0.4, 0.5) is 0 Å². The molecule has 0 N–H and O–H groups in total. The summed E-state index contributed by atoms with van der Waals surface area (Å²) in [5, 5.41) is 1.19. The molecule has 0 spiro atoms. The van der Waals surface area contributed by atoms with Crippen LogP contribution in [-0.4, -0.2) is 53.9 Å². The third-order valence-electron chi connectivity index (χ3n) is 5.24. The number of Topliss-reactive ketones (excluding diaryl/α,β-unsaturated/α-hetero) is 1. The Labute approximate surface area is 169 Å². The minimum Gasteiger partial charge on any atom is -0.496 e. The standard InChI is InChI=1S/C22H25N3O2S/c1-16(26)17-7-8-20(27-2)18(13-17)14-24-9-11-25(12-10-24)15-22-23-19-5-3-4-6-21(19)28-22/h3-8,13H,9-12,14-15H2,1-2H3. The van der Waals surface area contributed by atoms with Crippen LogP contribution in [-0.2, 0) is 13.1 Å². The number of hydrogen-bond acceptors (Lipinski definition) is 6. The molecule has 1 saturated heterocycles. The topological polar surface area (TPSA) is 45.7 Å². The number of ketones is 1. The van der Waals surface area contributed by atoms with Crippen LogP contribution in [0.15, 0.2) is 42.5 Å². The summed E-state index contributed by atoms with van der Waals surface area (Å²) in [6.45, 7) is 7.36. The molecule has 5 nitrogen and oxygen atoms in total. The molecular weight excluding hydrogens is 370 g/mol. The van der Waals surface area contributed by atoms with Gasteiger partial charge in [-0.1, -0.05) is 12.1 Å². The van der Waals surface area contributed by atoms with E-state index in [9.17, 15) is 4.79 Å². The third-order valence-corrected chi connectivity index (χ3v) is 6.26. The zero-order valence-electron chi connectivity index (χ0n) is 16.4. The van der Waals surface area contributed by atoms with Gasteiger partial charge in [0.25, 0.3) is 0 Å². The summed E-state index contributed by atoms with van der Waals surface area (Å²) < 4.78 is 6.75. The Bertz CT molecular complexity index is 944. The number of carbonyl (C=O) groups is 1.